The molecule has 0 aliphatic carbocycles. The maximum Gasteiger partial charge on any atom is 0.410 e. The van der Waals surface area contributed by atoms with E-state index in [0.29, 0.717) is 19.5 Å². The highest BCUT2D eigenvalue weighted by molar-refractivity contribution is 5.72. The summed E-state index contributed by atoms with van der Waals surface area (Å²) >= 11 is 0. The van der Waals surface area contributed by atoms with Gasteiger partial charge in [-0.05, 0) is 89.6 Å². The number of rotatable bonds is 6. The Labute approximate surface area is 228 Å². The Morgan fingerprint density at radius 2 is 1.76 bits per heavy atom. The highest BCUT2D eigenvalue weighted by Crippen LogP contribution is 2.44. The van der Waals surface area contributed by atoms with E-state index in [4.69, 9.17) is 9.47 Å². The van der Waals surface area contributed by atoms with E-state index >= 15 is 0 Å². The number of carbonyl (C=O) groups excluding carboxylic acids is 1. The van der Waals surface area contributed by atoms with Gasteiger partial charge in [-0.3, -0.25) is 0 Å². The Hall–Kier alpha value is -2.57. The first-order chi connectivity index (χ1) is 17.6. The molecular formula is C32H46N2O4. The van der Waals surface area contributed by atoms with E-state index in [1.807, 2.05) is 41.5 Å². The van der Waals surface area contributed by atoms with Crippen molar-refractivity contribution in [1.82, 2.24) is 4.90 Å². The minimum Gasteiger partial charge on any atom is -0.444 e. The predicted molar refractivity (Wildman–Crippen MR) is 153 cm³/mol. The minimum absolute atomic E-state index is 0.0703. The van der Waals surface area contributed by atoms with Crippen molar-refractivity contribution in [3.8, 4) is 0 Å². The van der Waals surface area contributed by atoms with Gasteiger partial charge in [-0.15, -0.1) is 0 Å². The van der Waals surface area contributed by atoms with Crippen molar-refractivity contribution in [3.05, 3.63) is 59.7 Å². The van der Waals surface area contributed by atoms with Crippen LogP contribution in [0.2, 0.25) is 0 Å². The lowest BCUT2D eigenvalue weighted by molar-refractivity contribution is -0.199. The van der Waals surface area contributed by atoms with Crippen molar-refractivity contribution in [2.24, 2.45) is 11.8 Å². The Bertz CT molecular complexity index is 1130. The molecule has 0 saturated carbocycles. The summed E-state index contributed by atoms with van der Waals surface area (Å²) in [5.41, 5.74) is 3.99. The molecule has 0 bridgehead atoms. The van der Waals surface area contributed by atoms with Gasteiger partial charge in [0.1, 0.15) is 5.60 Å². The molecule has 1 N–H and O–H groups in total. The topological polar surface area (TPSA) is 62.2 Å². The quantitative estimate of drug-likeness (QED) is 0.430. The van der Waals surface area contributed by atoms with Gasteiger partial charge >= 0.3 is 6.09 Å². The first-order valence-corrected chi connectivity index (χ1v) is 13.9. The lowest BCUT2D eigenvalue weighted by Crippen LogP contribution is -2.40. The molecule has 0 radical (unpaired) electrons. The molecule has 2 aromatic rings. The van der Waals surface area contributed by atoms with Crippen LogP contribution in [0.15, 0.2) is 48.5 Å². The van der Waals surface area contributed by atoms with Crippen LogP contribution in [0.5, 0.6) is 0 Å². The highest BCUT2D eigenvalue weighted by Gasteiger charge is 2.39. The van der Waals surface area contributed by atoms with Crippen LogP contribution < -0.4 is 4.90 Å². The van der Waals surface area contributed by atoms with Gasteiger partial charge in [-0.25, -0.2) is 4.79 Å². The fourth-order valence-electron chi connectivity index (χ4n) is 5.78. The summed E-state index contributed by atoms with van der Waals surface area (Å²) in [6.07, 6.45) is 0.245. The maximum atomic E-state index is 12.7. The molecule has 6 heteroatoms. The third-order valence-corrected chi connectivity index (χ3v) is 7.49. The molecule has 0 aromatic heterocycles. The van der Waals surface area contributed by atoms with Crippen LogP contribution in [0.25, 0.3) is 0 Å². The number of hydrogen-bond donors (Lipinski definition) is 1. The van der Waals surface area contributed by atoms with Gasteiger partial charge in [-0.2, -0.15) is 0 Å². The van der Waals surface area contributed by atoms with E-state index in [9.17, 15) is 9.90 Å². The van der Waals surface area contributed by atoms with E-state index in [2.05, 4.69) is 67.3 Å². The Morgan fingerprint density at radius 1 is 1.05 bits per heavy atom. The first-order valence-electron chi connectivity index (χ1n) is 13.9. The number of amides is 1. The molecule has 1 unspecified atom stereocenters. The van der Waals surface area contributed by atoms with Crippen LogP contribution in [0.4, 0.5) is 16.2 Å². The van der Waals surface area contributed by atoms with E-state index in [0.717, 1.165) is 24.2 Å². The zero-order chi connectivity index (χ0) is 27.9. The summed E-state index contributed by atoms with van der Waals surface area (Å²) in [5.74, 6) is -0.0470. The molecule has 1 fully saturated rings. The Balaban J connectivity index is 1.56. The molecule has 1 amide bonds. The molecule has 3 atom stereocenters. The molecule has 2 aliphatic rings. The Morgan fingerprint density at radius 3 is 2.45 bits per heavy atom. The van der Waals surface area contributed by atoms with E-state index in [1.165, 1.54) is 11.3 Å². The van der Waals surface area contributed by atoms with Gasteiger partial charge in [0, 0.05) is 42.3 Å². The highest BCUT2D eigenvalue weighted by atomic mass is 16.6. The summed E-state index contributed by atoms with van der Waals surface area (Å²) in [7, 11) is 0. The van der Waals surface area contributed by atoms with Crippen LogP contribution in [0, 0.1) is 11.8 Å². The van der Waals surface area contributed by atoms with Crippen molar-refractivity contribution >= 4 is 17.5 Å². The summed E-state index contributed by atoms with van der Waals surface area (Å²) in [4.78, 5) is 16.9. The molecule has 2 aliphatic heterocycles. The van der Waals surface area contributed by atoms with Gasteiger partial charge in [-0.1, -0.05) is 44.2 Å². The van der Waals surface area contributed by atoms with Crippen molar-refractivity contribution < 1.29 is 19.4 Å². The minimum atomic E-state index is -0.936. The van der Waals surface area contributed by atoms with Crippen LogP contribution >= 0.6 is 0 Å². The van der Waals surface area contributed by atoms with E-state index in [-0.39, 0.29) is 23.3 Å². The van der Waals surface area contributed by atoms with Crippen LogP contribution in [0.1, 0.15) is 72.9 Å². The van der Waals surface area contributed by atoms with E-state index in [1.54, 1.807) is 4.90 Å². The van der Waals surface area contributed by atoms with Gasteiger partial charge < -0.3 is 24.4 Å². The molecule has 6 nitrogen and oxygen atoms in total. The van der Waals surface area contributed by atoms with Gasteiger partial charge in [0.15, 0.2) is 6.29 Å². The Kier molecular flexibility index (Phi) is 7.89. The first kappa shape index (κ1) is 28.4. The number of benzene rings is 2. The van der Waals surface area contributed by atoms with Crippen molar-refractivity contribution in [2.75, 3.05) is 24.5 Å². The zero-order valence-corrected chi connectivity index (χ0v) is 24.5. The molecular weight excluding hydrogens is 476 g/mol. The van der Waals surface area contributed by atoms with E-state index < -0.39 is 17.5 Å². The molecule has 2 heterocycles. The third kappa shape index (κ3) is 6.70. The molecule has 2 aromatic carbocycles. The number of nitrogens with zero attached hydrogens (tertiary/aromatic N) is 2. The maximum absolute atomic E-state index is 12.7. The fourth-order valence-corrected chi connectivity index (χ4v) is 5.78. The monoisotopic (exact) mass is 522 g/mol. The fraction of sp³-hybridized carbons (Fsp3) is 0.594. The van der Waals surface area contributed by atoms with Crippen molar-refractivity contribution in [3.63, 3.8) is 0 Å². The van der Waals surface area contributed by atoms with Crippen LogP contribution in [-0.2, 0) is 21.3 Å². The molecule has 208 valence electrons. The number of aliphatic hydroxyl groups is 1. The smallest absolute Gasteiger partial charge is 0.410 e. The largest absolute Gasteiger partial charge is 0.444 e. The average molecular weight is 523 g/mol. The second-order valence-corrected chi connectivity index (χ2v) is 13.6. The number of likely N-dealkylation sites (tertiary alicyclic amines) is 1. The number of para-hydroxylation sites is 1. The lowest BCUT2D eigenvalue weighted by atomic mass is 9.85. The molecule has 1 saturated heterocycles. The summed E-state index contributed by atoms with van der Waals surface area (Å²) in [6.45, 7) is 18.2. The lowest BCUT2D eigenvalue weighted by Gasteiger charge is -2.33. The van der Waals surface area contributed by atoms with Gasteiger partial charge in [0.2, 0.25) is 0 Å². The molecule has 0 spiro atoms. The van der Waals surface area contributed by atoms with Crippen molar-refractivity contribution in [2.45, 2.75) is 91.1 Å². The summed E-state index contributed by atoms with van der Waals surface area (Å²) < 4.78 is 11.7. The molecule has 38 heavy (non-hydrogen) atoms. The number of aliphatic hydroxyl groups excluding tert-OH is 1. The van der Waals surface area contributed by atoms with Gasteiger partial charge in [0.05, 0.1) is 5.60 Å². The van der Waals surface area contributed by atoms with Crippen LogP contribution in [-0.4, -0.2) is 53.2 Å². The van der Waals surface area contributed by atoms with Crippen molar-refractivity contribution in [1.29, 1.82) is 0 Å². The van der Waals surface area contributed by atoms with Gasteiger partial charge in [0.25, 0.3) is 0 Å². The third-order valence-electron chi connectivity index (χ3n) is 7.49. The second kappa shape index (κ2) is 10.5. The van der Waals surface area contributed by atoms with Crippen LogP contribution in [0.3, 0.4) is 0 Å². The predicted octanol–water partition coefficient (Wildman–Crippen LogP) is 6.67. The number of anilines is 2. The summed E-state index contributed by atoms with van der Waals surface area (Å²) in [5, 5.41) is 11.3. The molecule has 4 rings (SSSR count). The SMILES string of the molecule is CC(C)(C)OC(=O)N1CC[C@H]([C@H](Cc2cccc(N3CC(C)(C)c4ccccc43)c2)C(O)OC(C)(C)C)C1. The second-order valence-electron chi connectivity index (χ2n) is 13.6. The standard InChI is InChI=1S/C32H46N2O4/c1-30(2,3)37-28(35)25(23-16-17-33(20-23)29(36)38-31(4,5)6)19-22-12-11-13-24(18-22)34-21-32(7,8)26-14-9-10-15-27(26)34/h9-15,18,23,25,28,35H,16-17,19-21H2,1-8H3/t23-,25-,28?/m0/s1. The number of carbonyl (C=O) groups is 1. The average Bonchev–Trinajstić information content (AvgIpc) is 3.39. The number of ether oxygens (including phenoxy) is 2. The number of hydrogen-bond acceptors (Lipinski definition) is 5. The normalized spacial score (nSPS) is 20.8. The number of fused-ring (bicyclic) bond motifs is 1. The summed E-state index contributed by atoms with van der Waals surface area (Å²) in [6, 6.07) is 17.3. The zero-order valence-electron chi connectivity index (χ0n) is 24.5.